The van der Waals surface area contributed by atoms with Crippen molar-refractivity contribution in [3.05, 3.63) is 45.9 Å². The van der Waals surface area contributed by atoms with Gasteiger partial charge in [0.25, 0.3) is 0 Å². The summed E-state index contributed by atoms with van der Waals surface area (Å²) in [6.07, 6.45) is 0. The van der Waals surface area contributed by atoms with E-state index < -0.39 is 5.54 Å². The van der Waals surface area contributed by atoms with Crippen LogP contribution in [0.1, 0.15) is 42.3 Å². The third kappa shape index (κ3) is 3.65. The first-order valence-electron chi connectivity index (χ1n) is 6.86. The second-order valence-corrected chi connectivity index (χ2v) is 6.53. The highest BCUT2D eigenvalue weighted by atomic mass is 32.1. The van der Waals surface area contributed by atoms with Gasteiger partial charge in [-0.3, -0.25) is 4.79 Å². The molecule has 1 heterocycles. The van der Waals surface area contributed by atoms with E-state index in [4.69, 9.17) is 5.73 Å². The molecule has 0 spiro atoms. The van der Waals surface area contributed by atoms with E-state index in [0.717, 1.165) is 15.6 Å². The molecule has 3 N–H and O–H groups in total. The van der Waals surface area contributed by atoms with Crippen molar-refractivity contribution >= 4 is 17.2 Å². The molecule has 6 heteroatoms. The second kappa shape index (κ2) is 6.32. The van der Waals surface area contributed by atoms with Crippen molar-refractivity contribution in [2.45, 2.75) is 38.8 Å². The molecule has 0 saturated carbocycles. The van der Waals surface area contributed by atoms with Gasteiger partial charge in [0.2, 0.25) is 5.91 Å². The molecule has 1 aromatic carbocycles. The van der Waals surface area contributed by atoms with Gasteiger partial charge in [0.15, 0.2) is 0 Å². The van der Waals surface area contributed by atoms with Gasteiger partial charge in [-0.15, -0.1) is 10.2 Å². The minimum Gasteiger partial charge on any atom is -0.348 e. The van der Waals surface area contributed by atoms with Crippen molar-refractivity contribution in [2.75, 3.05) is 0 Å². The molecule has 112 valence electrons. The standard InChI is InChI=1S/C15H20N4OS/c1-10(2)13-19-18-12(21-13)9-17-14(20)15(3,16)11-7-5-4-6-8-11/h4-8,10H,9,16H2,1-3H3,(H,17,20). The summed E-state index contributed by atoms with van der Waals surface area (Å²) in [5.41, 5.74) is 5.87. The van der Waals surface area contributed by atoms with Gasteiger partial charge in [0.05, 0.1) is 6.54 Å². The maximum Gasteiger partial charge on any atom is 0.244 e. The summed E-state index contributed by atoms with van der Waals surface area (Å²) < 4.78 is 0. The van der Waals surface area contributed by atoms with Crippen LogP contribution < -0.4 is 11.1 Å². The molecule has 0 saturated heterocycles. The molecule has 1 amide bonds. The summed E-state index contributed by atoms with van der Waals surface area (Å²) in [7, 11) is 0. The molecule has 2 rings (SSSR count). The van der Waals surface area contributed by atoms with Crippen molar-refractivity contribution in [2.24, 2.45) is 5.73 Å². The summed E-state index contributed by atoms with van der Waals surface area (Å²) in [4.78, 5) is 12.3. The van der Waals surface area contributed by atoms with Crippen molar-refractivity contribution in [1.82, 2.24) is 15.5 Å². The molecule has 1 aromatic heterocycles. The number of amides is 1. The highest BCUT2D eigenvalue weighted by Crippen LogP contribution is 2.20. The second-order valence-electron chi connectivity index (χ2n) is 5.44. The topological polar surface area (TPSA) is 80.9 Å². The lowest BCUT2D eigenvalue weighted by molar-refractivity contribution is -0.126. The quantitative estimate of drug-likeness (QED) is 0.887. The fourth-order valence-corrected chi connectivity index (χ4v) is 2.61. The van der Waals surface area contributed by atoms with Crippen LogP contribution in [0.25, 0.3) is 0 Å². The Kier molecular flexibility index (Phi) is 4.69. The van der Waals surface area contributed by atoms with E-state index in [1.165, 1.54) is 11.3 Å². The highest BCUT2D eigenvalue weighted by molar-refractivity contribution is 7.11. The molecule has 0 bridgehead atoms. The van der Waals surface area contributed by atoms with E-state index in [1.807, 2.05) is 30.3 Å². The first kappa shape index (κ1) is 15.6. The Morgan fingerprint density at radius 1 is 1.33 bits per heavy atom. The normalized spacial score (nSPS) is 14.0. The zero-order chi connectivity index (χ0) is 15.5. The third-order valence-electron chi connectivity index (χ3n) is 3.22. The molecule has 1 atom stereocenters. The molecule has 5 nitrogen and oxygen atoms in total. The minimum absolute atomic E-state index is 0.227. The van der Waals surface area contributed by atoms with Gasteiger partial charge in [0, 0.05) is 5.92 Å². The van der Waals surface area contributed by atoms with Crippen LogP contribution >= 0.6 is 11.3 Å². The molecular weight excluding hydrogens is 284 g/mol. The number of hydrogen-bond donors (Lipinski definition) is 2. The Morgan fingerprint density at radius 2 is 2.00 bits per heavy atom. The predicted octanol–water partition coefficient (Wildman–Crippen LogP) is 2.15. The summed E-state index contributed by atoms with van der Waals surface area (Å²) in [5.74, 6) is 0.117. The molecule has 0 aliphatic rings. The zero-order valence-electron chi connectivity index (χ0n) is 12.5. The number of carbonyl (C=O) groups excluding carboxylic acids is 1. The van der Waals surface area contributed by atoms with Crippen LogP contribution in [-0.2, 0) is 16.9 Å². The van der Waals surface area contributed by atoms with Crippen LogP contribution in [0.3, 0.4) is 0 Å². The van der Waals surface area contributed by atoms with Crippen molar-refractivity contribution in [3.8, 4) is 0 Å². The summed E-state index contributed by atoms with van der Waals surface area (Å²) in [6.45, 7) is 6.19. The Balaban J connectivity index is 2.01. The number of benzene rings is 1. The number of aromatic nitrogens is 2. The molecule has 0 radical (unpaired) electrons. The van der Waals surface area contributed by atoms with Crippen LogP contribution in [0, 0.1) is 0 Å². The summed E-state index contributed by atoms with van der Waals surface area (Å²) >= 11 is 1.51. The van der Waals surface area contributed by atoms with Crippen molar-refractivity contribution < 1.29 is 4.79 Å². The number of nitrogens with one attached hydrogen (secondary N) is 1. The summed E-state index contributed by atoms with van der Waals surface area (Å²) in [5, 5.41) is 12.8. The SMILES string of the molecule is CC(C)c1nnc(CNC(=O)C(C)(N)c2ccccc2)s1. The Bertz CT molecular complexity index is 607. The molecule has 0 aliphatic carbocycles. The van der Waals surface area contributed by atoms with E-state index in [0.29, 0.717) is 12.5 Å². The minimum atomic E-state index is -1.06. The van der Waals surface area contributed by atoms with E-state index in [2.05, 4.69) is 29.4 Å². The maximum atomic E-state index is 12.3. The Morgan fingerprint density at radius 3 is 2.57 bits per heavy atom. The molecular formula is C15H20N4OS. The van der Waals surface area contributed by atoms with Crippen LogP contribution in [0.5, 0.6) is 0 Å². The average molecular weight is 304 g/mol. The van der Waals surface area contributed by atoms with Crippen molar-refractivity contribution in [1.29, 1.82) is 0 Å². The molecule has 0 fully saturated rings. The number of rotatable bonds is 5. The van der Waals surface area contributed by atoms with Crippen LogP contribution in [0.15, 0.2) is 30.3 Å². The first-order valence-corrected chi connectivity index (χ1v) is 7.68. The predicted molar refractivity (Wildman–Crippen MR) is 83.8 cm³/mol. The van der Waals surface area contributed by atoms with Gasteiger partial charge in [0.1, 0.15) is 15.6 Å². The molecule has 2 aromatic rings. The number of nitrogens with zero attached hydrogens (tertiary/aromatic N) is 2. The van der Waals surface area contributed by atoms with Gasteiger partial charge < -0.3 is 11.1 Å². The van der Waals surface area contributed by atoms with Crippen LogP contribution in [-0.4, -0.2) is 16.1 Å². The van der Waals surface area contributed by atoms with Gasteiger partial charge in [-0.25, -0.2) is 0 Å². The van der Waals surface area contributed by atoms with Gasteiger partial charge >= 0.3 is 0 Å². The first-order chi connectivity index (χ1) is 9.91. The highest BCUT2D eigenvalue weighted by Gasteiger charge is 2.30. The van der Waals surface area contributed by atoms with Gasteiger partial charge in [-0.05, 0) is 12.5 Å². The Labute approximate surface area is 128 Å². The van der Waals surface area contributed by atoms with Gasteiger partial charge in [-0.2, -0.15) is 0 Å². The average Bonchev–Trinajstić information content (AvgIpc) is 2.94. The fraction of sp³-hybridized carbons (Fsp3) is 0.400. The monoisotopic (exact) mass is 304 g/mol. The Hall–Kier alpha value is -1.79. The summed E-state index contributed by atoms with van der Waals surface area (Å²) in [6, 6.07) is 9.33. The largest absolute Gasteiger partial charge is 0.348 e. The van der Waals surface area contributed by atoms with Crippen molar-refractivity contribution in [3.63, 3.8) is 0 Å². The zero-order valence-corrected chi connectivity index (χ0v) is 13.3. The maximum absolute atomic E-state index is 12.3. The lowest BCUT2D eigenvalue weighted by atomic mass is 9.92. The number of carbonyl (C=O) groups is 1. The fourth-order valence-electron chi connectivity index (χ4n) is 1.83. The smallest absolute Gasteiger partial charge is 0.244 e. The lowest BCUT2D eigenvalue weighted by Crippen LogP contribution is -2.48. The number of nitrogens with two attached hydrogens (primary N) is 1. The van der Waals surface area contributed by atoms with E-state index in [9.17, 15) is 4.79 Å². The molecule has 21 heavy (non-hydrogen) atoms. The van der Waals surface area contributed by atoms with Crippen LogP contribution in [0.2, 0.25) is 0 Å². The lowest BCUT2D eigenvalue weighted by Gasteiger charge is -2.23. The molecule has 0 aliphatic heterocycles. The van der Waals surface area contributed by atoms with E-state index in [-0.39, 0.29) is 5.91 Å². The van der Waals surface area contributed by atoms with Gasteiger partial charge in [-0.1, -0.05) is 55.5 Å². The van der Waals surface area contributed by atoms with Crippen LogP contribution in [0.4, 0.5) is 0 Å². The van der Waals surface area contributed by atoms with E-state index in [1.54, 1.807) is 6.92 Å². The molecule has 1 unspecified atom stereocenters. The van der Waals surface area contributed by atoms with E-state index >= 15 is 0 Å². The third-order valence-corrected chi connectivity index (χ3v) is 4.45. The number of hydrogen-bond acceptors (Lipinski definition) is 5.